The van der Waals surface area contributed by atoms with Crippen LogP contribution in [-0.2, 0) is 13.5 Å². The van der Waals surface area contributed by atoms with E-state index < -0.39 is 0 Å². The number of nitrogens with zero attached hydrogens (tertiary/aromatic N) is 1. The summed E-state index contributed by atoms with van der Waals surface area (Å²) in [5.41, 5.74) is 0.983. The maximum Gasteiger partial charge on any atom is 0.251 e. The van der Waals surface area contributed by atoms with Crippen molar-refractivity contribution in [2.45, 2.75) is 19.8 Å². The minimum atomic E-state index is -0.0362. The van der Waals surface area contributed by atoms with E-state index in [1.807, 2.05) is 6.07 Å². The van der Waals surface area contributed by atoms with E-state index in [1.54, 1.807) is 13.1 Å². The van der Waals surface area contributed by atoms with Crippen molar-refractivity contribution in [3.05, 3.63) is 33.2 Å². The monoisotopic (exact) mass is 185 g/mol. The molecule has 1 heterocycles. The summed E-state index contributed by atoms with van der Waals surface area (Å²) >= 11 is 5.82. The fourth-order valence-corrected chi connectivity index (χ4v) is 1.31. The molecule has 1 rings (SSSR count). The standard InChI is InChI=1S/C9H12ClNO/c1-3-4-7-5-8(10)11(2)9(12)6-7/h5-6H,3-4H2,1-2H3. The van der Waals surface area contributed by atoms with Gasteiger partial charge in [0.15, 0.2) is 0 Å². The highest BCUT2D eigenvalue weighted by Gasteiger charge is 1.99. The molecule has 0 aliphatic carbocycles. The third-order valence-electron chi connectivity index (χ3n) is 1.80. The zero-order valence-corrected chi connectivity index (χ0v) is 8.06. The highest BCUT2D eigenvalue weighted by Crippen LogP contribution is 2.08. The lowest BCUT2D eigenvalue weighted by molar-refractivity contribution is 0.838. The largest absolute Gasteiger partial charge is 0.302 e. The van der Waals surface area contributed by atoms with Gasteiger partial charge in [-0.2, -0.15) is 0 Å². The number of pyridine rings is 1. The molecule has 0 spiro atoms. The summed E-state index contributed by atoms with van der Waals surface area (Å²) in [6.07, 6.45) is 1.94. The van der Waals surface area contributed by atoms with Crippen LogP contribution in [0.2, 0.25) is 5.15 Å². The first kappa shape index (κ1) is 9.33. The predicted octanol–water partition coefficient (Wildman–Crippen LogP) is 1.99. The molecule has 2 nitrogen and oxygen atoms in total. The van der Waals surface area contributed by atoms with Gasteiger partial charge in [0.1, 0.15) is 5.15 Å². The summed E-state index contributed by atoms with van der Waals surface area (Å²) in [6, 6.07) is 3.47. The highest BCUT2D eigenvalue weighted by atomic mass is 35.5. The lowest BCUT2D eigenvalue weighted by Crippen LogP contribution is -2.16. The third-order valence-corrected chi connectivity index (χ3v) is 2.17. The van der Waals surface area contributed by atoms with Gasteiger partial charge in [0.05, 0.1) is 0 Å². The summed E-state index contributed by atoms with van der Waals surface area (Å²) in [5, 5.41) is 0.506. The van der Waals surface area contributed by atoms with Gasteiger partial charge in [0, 0.05) is 13.1 Å². The Balaban J connectivity index is 3.13. The van der Waals surface area contributed by atoms with E-state index >= 15 is 0 Å². The normalized spacial score (nSPS) is 10.2. The van der Waals surface area contributed by atoms with Crippen molar-refractivity contribution in [3.63, 3.8) is 0 Å². The van der Waals surface area contributed by atoms with Crippen LogP contribution in [0.3, 0.4) is 0 Å². The van der Waals surface area contributed by atoms with Gasteiger partial charge in [-0.15, -0.1) is 0 Å². The van der Waals surface area contributed by atoms with E-state index in [2.05, 4.69) is 6.92 Å². The SMILES string of the molecule is CCCc1cc(Cl)n(C)c(=O)c1. The van der Waals surface area contributed by atoms with E-state index in [0.717, 1.165) is 18.4 Å². The number of rotatable bonds is 2. The quantitative estimate of drug-likeness (QED) is 0.646. The number of hydrogen-bond acceptors (Lipinski definition) is 1. The number of aromatic nitrogens is 1. The maximum absolute atomic E-state index is 11.2. The molecule has 0 bridgehead atoms. The van der Waals surface area contributed by atoms with Crippen molar-refractivity contribution >= 4 is 11.6 Å². The van der Waals surface area contributed by atoms with Crippen LogP contribution in [0.15, 0.2) is 16.9 Å². The van der Waals surface area contributed by atoms with Crippen LogP contribution in [0.25, 0.3) is 0 Å². The summed E-state index contributed by atoms with van der Waals surface area (Å²) in [7, 11) is 1.67. The third kappa shape index (κ3) is 1.89. The highest BCUT2D eigenvalue weighted by molar-refractivity contribution is 6.29. The molecule has 0 aliphatic heterocycles. The molecular formula is C9H12ClNO. The van der Waals surface area contributed by atoms with E-state index in [-0.39, 0.29) is 5.56 Å². The van der Waals surface area contributed by atoms with E-state index in [4.69, 9.17) is 11.6 Å². The molecule has 0 saturated carbocycles. The van der Waals surface area contributed by atoms with Crippen LogP contribution in [0.1, 0.15) is 18.9 Å². The van der Waals surface area contributed by atoms with Crippen LogP contribution < -0.4 is 5.56 Å². The van der Waals surface area contributed by atoms with E-state index in [0.29, 0.717) is 5.15 Å². The Morgan fingerprint density at radius 3 is 2.67 bits per heavy atom. The molecule has 0 saturated heterocycles. The molecule has 0 atom stereocenters. The second-order valence-electron chi connectivity index (χ2n) is 2.83. The van der Waals surface area contributed by atoms with Crippen molar-refractivity contribution in [1.29, 1.82) is 0 Å². The zero-order valence-electron chi connectivity index (χ0n) is 7.30. The van der Waals surface area contributed by atoms with Crippen LogP contribution in [0, 0.1) is 0 Å². The average Bonchev–Trinajstić information content (AvgIpc) is 2.01. The van der Waals surface area contributed by atoms with Crippen molar-refractivity contribution in [1.82, 2.24) is 4.57 Å². The van der Waals surface area contributed by atoms with Gasteiger partial charge in [-0.3, -0.25) is 4.79 Å². The fourth-order valence-electron chi connectivity index (χ4n) is 1.09. The Labute approximate surface area is 76.8 Å². The Kier molecular flexibility index (Phi) is 2.93. The number of hydrogen-bond donors (Lipinski definition) is 0. The Morgan fingerprint density at radius 2 is 2.17 bits per heavy atom. The molecule has 1 aromatic rings. The molecule has 66 valence electrons. The van der Waals surface area contributed by atoms with Gasteiger partial charge in [-0.25, -0.2) is 0 Å². The maximum atomic E-state index is 11.2. The Hall–Kier alpha value is -0.760. The average molecular weight is 186 g/mol. The summed E-state index contributed by atoms with van der Waals surface area (Å²) in [4.78, 5) is 11.2. The van der Waals surface area contributed by atoms with Crippen molar-refractivity contribution in [3.8, 4) is 0 Å². The van der Waals surface area contributed by atoms with Gasteiger partial charge in [0.25, 0.3) is 5.56 Å². The first-order chi connectivity index (χ1) is 5.65. The van der Waals surface area contributed by atoms with Gasteiger partial charge in [-0.1, -0.05) is 24.9 Å². The Morgan fingerprint density at radius 1 is 1.50 bits per heavy atom. The molecule has 0 aliphatic rings. The molecule has 3 heteroatoms. The van der Waals surface area contributed by atoms with Crippen LogP contribution in [0.4, 0.5) is 0 Å². The van der Waals surface area contributed by atoms with Crippen LogP contribution in [0.5, 0.6) is 0 Å². The van der Waals surface area contributed by atoms with Gasteiger partial charge in [0.2, 0.25) is 0 Å². The van der Waals surface area contributed by atoms with Crippen molar-refractivity contribution in [2.24, 2.45) is 7.05 Å². The molecule has 0 fully saturated rings. The van der Waals surface area contributed by atoms with E-state index in [1.165, 1.54) is 4.57 Å². The fraction of sp³-hybridized carbons (Fsp3) is 0.444. The topological polar surface area (TPSA) is 22.0 Å². The molecule has 0 aromatic carbocycles. The molecule has 0 unspecified atom stereocenters. The second-order valence-corrected chi connectivity index (χ2v) is 3.22. The second kappa shape index (κ2) is 3.76. The summed E-state index contributed by atoms with van der Waals surface area (Å²) < 4.78 is 1.43. The van der Waals surface area contributed by atoms with Gasteiger partial charge < -0.3 is 4.57 Å². The molecule has 1 aromatic heterocycles. The molecule has 0 amide bonds. The first-order valence-corrected chi connectivity index (χ1v) is 4.38. The molecule has 12 heavy (non-hydrogen) atoms. The minimum absolute atomic E-state index is 0.0362. The van der Waals surface area contributed by atoms with Crippen LogP contribution in [-0.4, -0.2) is 4.57 Å². The number of aryl methyl sites for hydroxylation is 1. The van der Waals surface area contributed by atoms with E-state index in [9.17, 15) is 4.79 Å². The zero-order chi connectivity index (χ0) is 9.14. The lowest BCUT2D eigenvalue weighted by atomic mass is 10.1. The van der Waals surface area contributed by atoms with Gasteiger partial charge >= 0.3 is 0 Å². The molecule has 0 N–H and O–H groups in total. The predicted molar refractivity (Wildman–Crippen MR) is 50.7 cm³/mol. The Bertz CT molecular complexity index is 330. The molecular weight excluding hydrogens is 174 g/mol. The molecule has 0 radical (unpaired) electrons. The van der Waals surface area contributed by atoms with Crippen LogP contribution >= 0.6 is 11.6 Å². The van der Waals surface area contributed by atoms with Gasteiger partial charge in [-0.05, 0) is 18.1 Å². The summed E-state index contributed by atoms with van der Waals surface area (Å²) in [5.74, 6) is 0. The summed E-state index contributed by atoms with van der Waals surface area (Å²) in [6.45, 7) is 2.07. The number of halogens is 1. The van der Waals surface area contributed by atoms with Crippen molar-refractivity contribution < 1.29 is 0 Å². The minimum Gasteiger partial charge on any atom is -0.302 e. The smallest absolute Gasteiger partial charge is 0.251 e. The lowest BCUT2D eigenvalue weighted by Gasteiger charge is -2.03. The first-order valence-electron chi connectivity index (χ1n) is 4.00. The van der Waals surface area contributed by atoms with Crippen molar-refractivity contribution in [2.75, 3.05) is 0 Å².